The van der Waals surface area contributed by atoms with E-state index in [1.807, 2.05) is 0 Å². The van der Waals surface area contributed by atoms with Crippen molar-refractivity contribution < 1.29 is 23.4 Å². The van der Waals surface area contributed by atoms with Crippen LogP contribution in [-0.2, 0) is 0 Å². The first-order chi connectivity index (χ1) is 13.1. The van der Waals surface area contributed by atoms with Gasteiger partial charge < -0.3 is 19.5 Å². The average molecular weight is 371 g/mol. The third kappa shape index (κ3) is 3.69. The normalized spacial score (nSPS) is 10.4. The second kappa shape index (κ2) is 7.77. The largest absolute Gasteiger partial charge is 0.496 e. The monoisotopic (exact) mass is 371 g/mol. The second-order valence-corrected chi connectivity index (χ2v) is 5.48. The highest BCUT2D eigenvalue weighted by molar-refractivity contribution is 6.06. The summed E-state index contributed by atoms with van der Waals surface area (Å²) in [6.07, 6.45) is 3.18. The topological polar surface area (TPSA) is 74.6 Å². The lowest BCUT2D eigenvalue weighted by atomic mass is 10.1. The number of anilines is 1. The average Bonchev–Trinajstić information content (AvgIpc) is 3.21. The number of halogens is 1. The molecule has 8 heteroatoms. The van der Waals surface area contributed by atoms with E-state index in [9.17, 15) is 9.18 Å². The minimum Gasteiger partial charge on any atom is -0.496 e. The summed E-state index contributed by atoms with van der Waals surface area (Å²) < 4.78 is 31.4. The van der Waals surface area contributed by atoms with E-state index < -0.39 is 11.7 Å². The molecule has 1 amide bonds. The summed E-state index contributed by atoms with van der Waals surface area (Å²) in [6, 6.07) is 9.09. The molecule has 3 aromatic rings. The van der Waals surface area contributed by atoms with Crippen LogP contribution in [0.1, 0.15) is 10.4 Å². The maximum Gasteiger partial charge on any atom is 0.259 e. The number of nitrogens with zero attached hydrogens (tertiary/aromatic N) is 2. The number of benzene rings is 2. The van der Waals surface area contributed by atoms with E-state index in [-0.39, 0.29) is 11.3 Å². The van der Waals surface area contributed by atoms with Gasteiger partial charge in [-0.3, -0.25) is 4.79 Å². The minimum absolute atomic E-state index is 0.228. The number of hydrogen-bond acceptors (Lipinski definition) is 5. The molecule has 0 aliphatic heterocycles. The zero-order valence-corrected chi connectivity index (χ0v) is 15.0. The van der Waals surface area contributed by atoms with E-state index in [2.05, 4.69) is 10.4 Å². The van der Waals surface area contributed by atoms with Gasteiger partial charge in [0.05, 0.1) is 26.9 Å². The Hall–Kier alpha value is -3.55. The molecule has 7 nitrogen and oxygen atoms in total. The SMILES string of the molecule is COc1cc(OC)c(C(=O)Nc2ccc(-n3cccn3)c(F)c2)cc1OC. The van der Waals surface area contributed by atoms with Gasteiger partial charge in [-0.2, -0.15) is 5.10 Å². The quantitative estimate of drug-likeness (QED) is 0.720. The third-order valence-electron chi connectivity index (χ3n) is 3.91. The van der Waals surface area contributed by atoms with Crippen molar-refractivity contribution in [1.82, 2.24) is 9.78 Å². The molecule has 0 bridgehead atoms. The summed E-state index contributed by atoms with van der Waals surface area (Å²) in [5.41, 5.74) is 0.804. The molecule has 27 heavy (non-hydrogen) atoms. The van der Waals surface area contributed by atoms with Gasteiger partial charge in [0, 0.05) is 30.2 Å². The molecule has 0 aliphatic rings. The minimum atomic E-state index is -0.518. The van der Waals surface area contributed by atoms with Gasteiger partial charge in [-0.25, -0.2) is 9.07 Å². The Labute approximate surface area is 155 Å². The Bertz CT molecular complexity index is 958. The summed E-state index contributed by atoms with van der Waals surface area (Å²) >= 11 is 0. The van der Waals surface area contributed by atoms with Gasteiger partial charge in [0.25, 0.3) is 5.91 Å². The molecule has 1 heterocycles. The molecule has 140 valence electrons. The Morgan fingerprint density at radius 2 is 1.74 bits per heavy atom. The van der Waals surface area contributed by atoms with Crippen molar-refractivity contribution in [3.05, 3.63) is 60.2 Å². The molecule has 0 atom stereocenters. The van der Waals surface area contributed by atoms with E-state index in [1.165, 1.54) is 44.2 Å². The van der Waals surface area contributed by atoms with Gasteiger partial charge in [0.1, 0.15) is 11.4 Å². The molecule has 0 fully saturated rings. The lowest BCUT2D eigenvalue weighted by Crippen LogP contribution is -2.14. The molecule has 1 aromatic heterocycles. The van der Waals surface area contributed by atoms with Crippen molar-refractivity contribution in [2.24, 2.45) is 0 Å². The van der Waals surface area contributed by atoms with Gasteiger partial charge in [-0.05, 0) is 24.3 Å². The van der Waals surface area contributed by atoms with Crippen molar-refractivity contribution in [3.63, 3.8) is 0 Å². The van der Waals surface area contributed by atoms with Crippen LogP contribution in [0.2, 0.25) is 0 Å². The molecular formula is C19H18FN3O4. The highest BCUT2D eigenvalue weighted by Crippen LogP contribution is 2.35. The lowest BCUT2D eigenvalue weighted by molar-refractivity contribution is 0.102. The molecule has 0 spiro atoms. The van der Waals surface area contributed by atoms with Crippen LogP contribution >= 0.6 is 0 Å². The van der Waals surface area contributed by atoms with Gasteiger partial charge in [0.15, 0.2) is 17.3 Å². The lowest BCUT2D eigenvalue weighted by Gasteiger charge is -2.14. The van der Waals surface area contributed by atoms with Crippen molar-refractivity contribution in [1.29, 1.82) is 0 Å². The molecule has 0 radical (unpaired) electrons. The first-order valence-corrected chi connectivity index (χ1v) is 7.98. The molecule has 2 aromatic carbocycles. The molecule has 0 unspecified atom stereocenters. The number of rotatable bonds is 6. The first kappa shape index (κ1) is 18.2. The van der Waals surface area contributed by atoms with E-state index in [1.54, 1.807) is 30.6 Å². The number of ether oxygens (including phenoxy) is 3. The van der Waals surface area contributed by atoms with E-state index in [4.69, 9.17) is 14.2 Å². The van der Waals surface area contributed by atoms with Crippen molar-refractivity contribution in [3.8, 4) is 22.9 Å². The highest BCUT2D eigenvalue weighted by Gasteiger charge is 2.18. The van der Waals surface area contributed by atoms with Crippen LogP contribution in [0.15, 0.2) is 48.8 Å². The van der Waals surface area contributed by atoms with Crippen LogP contribution in [0.5, 0.6) is 17.2 Å². The number of methoxy groups -OCH3 is 3. The van der Waals surface area contributed by atoms with Crippen LogP contribution in [-0.4, -0.2) is 37.0 Å². The fourth-order valence-electron chi connectivity index (χ4n) is 2.59. The highest BCUT2D eigenvalue weighted by atomic mass is 19.1. The Balaban J connectivity index is 1.88. The maximum atomic E-state index is 14.4. The van der Waals surface area contributed by atoms with Crippen molar-refractivity contribution in [2.45, 2.75) is 0 Å². The van der Waals surface area contributed by atoms with E-state index in [0.29, 0.717) is 22.9 Å². The van der Waals surface area contributed by atoms with Crippen molar-refractivity contribution in [2.75, 3.05) is 26.6 Å². The van der Waals surface area contributed by atoms with Crippen LogP contribution in [0.4, 0.5) is 10.1 Å². The standard InChI is InChI=1S/C19H18FN3O4/c1-25-16-11-18(27-3)17(26-2)10-13(16)19(24)22-12-5-6-15(14(20)9-12)23-8-4-7-21-23/h4-11H,1-3H3,(H,22,24). The fourth-order valence-corrected chi connectivity index (χ4v) is 2.59. The van der Waals surface area contributed by atoms with Gasteiger partial charge in [0.2, 0.25) is 0 Å². The van der Waals surface area contributed by atoms with Crippen LogP contribution < -0.4 is 19.5 Å². The second-order valence-electron chi connectivity index (χ2n) is 5.48. The zero-order chi connectivity index (χ0) is 19.4. The van der Waals surface area contributed by atoms with Gasteiger partial charge in [-0.1, -0.05) is 0 Å². The predicted octanol–water partition coefficient (Wildman–Crippen LogP) is 3.29. The zero-order valence-electron chi connectivity index (χ0n) is 15.0. The first-order valence-electron chi connectivity index (χ1n) is 7.98. The smallest absolute Gasteiger partial charge is 0.259 e. The number of amides is 1. The molecule has 0 saturated heterocycles. The summed E-state index contributed by atoms with van der Waals surface area (Å²) in [5.74, 6) is 0.123. The van der Waals surface area contributed by atoms with Gasteiger partial charge in [-0.15, -0.1) is 0 Å². The number of hydrogen-bond donors (Lipinski definition) is 1. The molecule has 1 N–H and O–H groups in total. The number of carbonyl (C=O) groups is 1. The van der Waals surface area contributed by atoms with Crippen LogP contribution in [0, 0.1) is 5.82 Å². The Kier molecular flexibility index (Phi) is 5.25. The van der Waals surface area contributed by atoms with Crippen LogP contribution in [0.3, 0.4) is 0 Å². The summed E-state index contributed by atoms with van der Waals surface area (Å²) in [5, 5.41) is 6.64. The van der Waals surface area contributed by atoms with Crippen molar-refractivity contribution >= 4 is 11.6 Å². The fraction of sp³-hybridized carbons (Fsp3) is 0.158. The molecular weight excluding hydrogens is 353 g/mol. The van der Waals surface area contributed by atoms with Gasteiger partial charge >= 0.3 is 0 Å². The summed E-state index contributed by atoms with van der Waals surface area (Å²) in [4.78, 5) is 12.7. The number of nitrogens with one attached hydrogen (secondary N) is 1. The predicted molar refractivity (Wildman–Crippen MR) is 97.6 cm³/mol. The third-order valence-corrected chi connectivity index (χ3v) is 3.91. The summed E-state index contributed by atoms with van der Waals surface area (Å²) in [6.45, 7) is 0. The maximum absolute atomic E-state index is 14.4. The Morgan fingerprint density at radius 1 is 1.04 bits per heavy atom. The number of carbonyl (C=O) groups excluding carboxylic acids is 1. The van der Waals surface area contributed by atoms with E-state index >= 15 is 0 Å². The molecule has 0 aliphatic carbocycles. The molecule has 3 rings (SSSR count). The number of aromatic nitrogens is 2. The Morgan fingerprint density at radius 3 is 2.33 bits per heavy atom. The molecule has 0 saturated carbocycles. The van der Waals surface area contributed by atoms with Crippen LogP contribution in [0.25, 0.3) is 5.69 Å². The van der Waals surface area contributed by atoms with E-state index in [0.717, 1.165) is 0 Å². The summed E-state index contributed by atoms with van der Waals surface area (Å²) in [7, 11) is 4.40.